The zero-order valence-electron chi connectivity index (χ0n) is 7.07. The molecule has 0 aliphatic rings. The Kier molecular flexibility index (Phi) is 3.76. The predicted molar refractivity (Wildman–Crippen MR) is 49.4 cm³/mol. The van der Waals surface area contributed by atoms with Crippen molar-refractivity contribution in [1.82, 2.24) is 0 Å². The van der Waals surface area contributed by atoms with Crippen LogP contribution in [0.4, 0.5) is 0 Å². The van der Waals surface area contributed by atoms with Gasteiger partial charge >= 0.3 is 0 Å². The van der Waals surface area contributed by atoms with Crippen molar-refractivity contribution >= 4 is 15.1 Å². The number of allylic oxidation sites excluding steroid dienone is 1. The average molecular weight is 122 g/mol. The van der Waals surface area contributed by atoms with Crippen molar-refractivity contribution in [3.05, 3.63) is 12.1 Å². The van der Waals surface area contributed by atoms with Gasteiger partial charge in [-0.25, -0.2) is 0 Å². The molecule has 0 aliphatic heterocycles. The number of hydrogen-bond acceptors (Lipinski definition) is 0. The predicted octanol–water partition coefficient (Wildman–Crippen LogP) is 1.21. The molecular formula is C7H16B2. The maximum Gasteiger partial charge on any atom is 0.153 e. The van der Waals surface area contributed by atoms with E-state index in [0.717, 1.165) is 5.82 Å². The fourth-order valence-corrected chi connectivity index (χ4v) is 0.760. The molecule has 0 rings (SSSR count). The molecule has 0 aromatic carbocycles. The molecular weight excluding hydrogens is 106 g/mol. The quantitative estimate of drug-likeness (QED) is 0.493. The van der Waals surface area contributed by atoms with Gasteiger partial charge in [-0.1, -0.05) is 32.4 Å². The zero-order chi connectivity index (χ0) is 7.44. The van der Waals surface area contributed by atoms with E-state index in [9.17, 15) is 0 Å². The third-order valence-electron chi connectivity index (χ3n) is 1.49. The molecule has 1 unspecified atom stereocenters. The minimum atomic E-state index is 0.660. The van der Waals surface area contributed by atoms with Gasteiger partial charge in [-0.3, -0.25) is 0 Å². The van der Waals surface area contributed by atoms with Crippen molar-refractivity contribution < 1.29 is 0 Å². The standard InChI is InChI=1S/C7H16B2/c1-5(2)9-7(4)6(3)8/h5-6,9H,4,8H2,1-3H3. The second kappa shape index (κ2) is 3.81. The van der Waals surface area contributed by atoms with E-state index in [1.807, 2.05) is 0 Å². The Labute approximate surface area is 60.4 Å². The fraction of sp³-hybridized carbons (Fsp3) is 0.714. The van der Waals surface area contributed by atoms with Gasteiger partial charge in [0.25, 0.3) is 0 Å². The van der Waals surface area contributed by atoms with Gasteiger partial charge in [0.1, 0.15) is 7.85 Å². The van der Waals surface area contributed by atoms with E-state index in [0.29, 0.717) is 5.82 Å². The van der Waals surface area contributed by atoms with E-state index in [4.69, 9.17) is 0 Å². The summed E-state index contributed by atoms with van der Waals surface area (Å²) in [6, 6.07) is 0. The fourth-order valence-electron chi connectivity index (χ4n) is 0.760. The summed E-state index contributed by atoms with van der Waals surface area (Å²) in [5.41, 5.74) is 1.38. The summed E-state index contributed by atoms with van der Waals surface area (Å²) in [4.78, 5) is 0. The Hall–Kier alpha value is -0.130. The molecule has 0 heterocycles. The minimum Gasteiger partial charge on any atom is -0.117 e. The highest BCUT2D eigenvalue weighted by atomic mass is 13.9. The summed E-state index contributed by atoms with van der Waals surface area (Å²) in [6.07, 6.45) is 0. The second-order valence-electron chi connectivity index (χ2n) is 3.41. The summed E-state index contributed by atoms with van der Waals surface area (Å²) < 4.78 is 0. The Morgan fingerprint density at radius 3 is 2.00 bits per heavy atom. The first-order chi connectivity index (χ1) is 4.04. The molecule has 0 aliphatic carbocycles. The molecule has 0 saturated heterocycles. The van der Waals surface area contributed by atoms with Gasteiger partial charge in [0.15, 0.2) is 7.28 Å². The molecule has 0 N–H and O–H groups in total. The first kappa shape index (κ1) is 8.87. The van der Waals surface area contributed by atoms with Gasteiger partial charge in [0.05, 0.1) is 0 Å². The second-order valence-corrected chi connectivity index (χ2v) is 3.41. The van der Waals surface area contributed by atoms with Crippen LogP contribution < -0.4 is 0 Å². The summed E-state index contributed by atoms with van der Waals surface area (Å²) in [5, 5.41) is 0. The van der Waals surface area contributed by atoms with Gasteiger partial charge in [0, 0.05) is 0 Å². The SMILES string of the molecule is BC(C)C(=C)BC(C)C. The molecule has 0 aromatic heterocycles. The van der Waals surface area contributed by atoms with Crippen molar-refractivity contribution in [2.45, 2.75) is 32.4 Å². The molecule has 0 nitrogen and oxygen atoms in total. The van der Waals surface area contributed by atoms with E-state index in [1.165, 1.54) is 12.8 Å². The lowest BCUT2D eigenvalue weighted by atomic mass is 9.54. The maximum atomic E-state index is 3.99. The topological polar surface area (TPSA) is 0 Å². The largest absolute Gasteiger partial charge is 0.153 e. The molecule has 50 valence electrons. The van der Waals surface area contributed by atoms with Crippen LogP contribution in [0.1, 0.15) is 20.8 Å². The van der Waals surface area contributed by atoms with Gasteiger partial charge in [0.2, 0.25) is 0 Å². The smallest absolute Gasteiger partial charge is 0.117 e. The van der Waals surface area contributed by atoms with Crippen molar-refractivity contribution in [2.24, 2.45) is 0 Å². The normalized spacial score (nSPS) is 13.3. The molecule has 0 bridgehead atoms. The van der Waals surface area contributed by atoms with Crippen molar-refractivity contribution in [2.75, 3.05) is 0 Å². The maximum absolute atomic E-state index is 3.99. The van der Waals surface area contributed by atoms with E-state index in [1.54, 1.807) is 0 Å². The van der Waals surface area contributed by atoms with Gasteiger partial charge in [-0.15, -0.1) is 12.1 Å². The number of hydrogen-bond donors (Lipinski definition) is 0. The highest BCUT2D eigenvalue weighted by molar-refractivity contribution is 6.49. The molecule has 9 heavy (non-hydrogen) atoms. The lowest BCUT2D eigenvalue weighted by Crippen LogP contribution is -2.03. The van der Waals surface area contributed by atoms with Crippen LogP contribution in [-0.4, -0.2) is 15.1 Å². The Balaban J connectivity index is 3.51. The van der Waals surface area contributed by atoms with Crippen molar-refractivity contribution in [1.29, 1.82) is 0 Å². The van der Waals surface area contributed by atoms with Crippen molar-refractivity contribution in [3.63, 3.8) is 0 Å². The summed E-state index contributed by atoms with van der Waals surface area (Å²) in [6.45, 7) is 10.7. The van der Waals surface area contributed by atoms with Crippen LogP contribution in [0.3, 0.4) is 0 Å². The van der Waals surface area contributed by atoms with Crippen LogP contribution in [0.2, 0.25) is 11.6 Å². The van der Waals surface area contributed by atoms with E-state index in [-0.39, 0.29) is 0 Å². The molecule has 2 heteroatoms. The highest BCUT2D eigenvalue weighted by Crippen LogP contribution is 2.13. The van der Waals surface area contributed by atoms with Crippen molar-refractivity contribution in [3.8, 4) is 0 Å². The van der Waals surface area contributed by atoms with Crippen LogP contribution >= 0.6 is 0 Å². The Morgan fingerprint density at radius 2 is 1.89 bits per heavy atom. The lowest BCUT2D eigenvalue weighted by Gasteiger charge is -2.09. The van der Waals surface area contributed by atoms with Gasteiger partial charge in [-0.2, -0.15) is 0 Å². The highest BCUT2D eigenvalue weighted by Gasteiger charge is 2.03. The van der Waals surface area contributed by atoms with Gasteiger partial charge in [-0.05, 0) is 0 Å². The minimum absolute atomic E-state index is 0.660. The van der Waals surface area contributed by atoms with Crippen LogP contribution in [0.25, 0.3) is 0 Å². The average Bonchev–Trinajstić information content (AvgIpc) is 1.63. The van der Waals surface area contributed by atoms with E-state index in [2.05, 4.69) is 35.2 Å². The zero-order valence-corrected chi connectivity index (χ0v) is 7.07. The third-order valence-corrected chi connectivity index (χ3v) is 1.49. The van der Waals surface area contributed by atoms with Crippen LogP contribution in [0, 0.1) is 0 Å². The summed E-state index contributed by atoms with van der Waals surface area (Å²) in [5.74, 6) is 1.42. The third kappa shape index (κ3) is 4.38. The number of rotatable bonds is 3. The Bertz CT molecular complexity index is 95.1. The van der Waals surface area contributed by atoms with Gasteiger partial charge < -0.3 is 0 Å². The molecule has 0 radical (unpaired) electrons. The van der Waals surface area contributed by atoms with E-state index >= 15 is 0 Å². The van der Waals surface area contributed by atoms with Crippen LogP contribution in [0.5, 0.6) is 0 Å². The van der Waals surface area contributed by atoms with Crippen LogP contribution in [-0.2, 0) is 0 Å². The molecule has 0 fully saturated rings. The Morgan fingerprint density at radius 1 is 1.44 bits per heavy atom. The molecule has 0 aromatic rings. The molecule has 0 spiro atoms. The first-order valence-corrected chi connectivity index (χ1v) is 3.71. The van der Waals surface area contributed by atoms with Crippen LogP contribution in [0.15, 0.2) is 12.1 Å². The van der Waals surface area contributed by atoms with E-state index < -0.39 is 0 Å². The summed E-state index contributed by atoms with van der Waals surface area (Å²) in [7, 11) is 3.38. The lowest BCUT2D eigenvalue weighted by molar-refractivity contribution is 1.05. The molecule has 0 amide bonds. The molecule has 0 saturated carbocycles. The first-order valence-electron chi connectivity index (χ1n) is 3.71. The monoisotopic (exact) mass is 122 g/mol. The summed E-state index contributed by atoms with van der Waals surface area (Å²) >= 11 is 0. The molecule has 1 atom stereocenters.